The third-order valence-corrected chi connectivity index (χ3v) is 5.11. The zero-order chi connectivity index (χ0) is 12.4. The smallest absolute Gasteiger partial charge is 0.204 e. The lowest BCUT2D eigenvalue weighted by Gasteiger charge is -2.17. The first kappa shape index (κ1) is 12.7. The molecule has 0 aliphatic carbocycles. The Morgan fingerprint density at radius 1 is 1.29 bits per heavy atom. The number of likely N-dealkylation sites (N-methyl/N-ethyl adjacent to an activating group) is 1. The minimum Gasteiger partial charge on any atom is -0.326 e. The SMILES string of the molecule is CC1C(c2ccccc2)OP(C=[N+](C)C)N1C. The molecule has 1 fully saturated rings. The summed E-state index contributed by atoms with van der Waals surface area (Å²) in [5.41, 5.74) is 1.27. The van der Waals surface area contributed by atoms with E-state index in [2.05, 4.69) is 53.4 Å². The molecule has 1 heterocycles. The van der Waals surface area contributed by atoms with Gasteiger partial charge in [-0.3, -0.25) is 0 Å². The molecule has 0 spiro atoms. The molecule has 92 valence electrons. The summed E-state index contributed by atoms with van der Waals surface area (Å²) in [6, 6.07) is 10.9. The molecule has 1 aliphatic rings. The quantitative estimate of drug-likeness (QED) is 0.456. The average molecular weight is 251 g/mol. The topological polar surface area (TPSA) is 15.5 Å². The molecule has 0 N–H and O–H groups in total. The van der Waals surface area contributed by atoms with Gasteiger partial charge in [-0.05, 0) is 19.5 Å². The van der Waals surface area contributed by atoms with Gasteiger partial charge in [-0.15, -0.1) is 0 Å². The van der Waals surface area contributed by atoms with E-state index in [0.29, 0.717) is 6.04 Å². The van der Waals surface area contributed by atoms with Crippen molar-refractivity contribution in [1.82, 2.24) is 4.67 Å². The van der Waals surface area contributed by atoms with E-state index in [1.54, 1.807) is 0 Å². The van der Waals surface area contributed by atoms with Crippen molar-refractivity contribution in [2.75, 3.05) is 21.1 Å². The molecule has 2 rings (SSSR count). The van der Waals surface area contributed by atoms with Crippen LogP contribution in [0.3, 0.4) is 0 Å². The third kappa shape index (κ3) is 2.74. The molecule has 0 amide bonds. The Morgan fingerprint density at radius 2 is 1.94 bits per heavy atom. The van der Waals surface area contributed by atoms with Crippen LogP contribution in [0.5, 0.6) is 0 Å². The summed E-state index contributed by atoms with van der Waals surface area (Å²) in [6.07, 6.45) is 0.184. The van der Waals surface area contributed by atoms with Crippen molar-refractivity contribution in [3.05, 3.63) is 35.9 Å². The molecule has 1 aromatic carbocycles. The molecule has 1 saturated heterocycles. The Bertz CT molecular complexity index is 403. The summed E-state index contributed by atoms with van der Waals surface area (Å²) in [6.45, 7) is 2.23. The zero-order valence-electron chi connectivity index (χ0n) is 10.9. The van der Waals surface area contributed by atoms with Gasteiger partial charge in [0, 0.05) is 6.04 Å². The highest BCUT2D eigenvalue weighted by Gasteiger charge is 2.39. The van der Waals surface area contributed by atoms with Gasteiger partial charge in [0.05, 0.1) is 0 Å². The van der Waals surface area contributed by atoms with Crippen molar-refractivity contribution in [3.8, 4) is 0 Å². The van der Waals surface area contributed by atoms with Crippen LogP contribution in [0.1, 0.15) is 18.6 Å². The van der Waals surface area contributed by atoms with E-state index in [9.17, 15) is 0 Å². The molecule has 4 heteroatoms. The van der Waals surface area contributed by atoms with E-state index < -0.39 is 8.30 Å². The van der Waals surface area contributed by atoms with Gasteiger partial charge in [-0.1, -0.05) is 30.3 Å². The highest BCUT2D eigenvalue weighted by Crippen LogP contribution is 2.53. The molecule has 3 unspecified atom stereocenters. The van der Waals surface area contributed by atoms with Crippen LogP contribution in [-0.2, 0) is 4.52 Å². The summed E-state index contributed by atoms with van der Waals surface area (Å²) in [7, 11) is 5.61. The Hall–Kier alpha value is -0.760. The van der Waals surface area contributed by atoms with Gasteiger partial charge in [0.25, 0.3) is 0 Å². The second kappa shape index (κ2) is 5.26. The number of rotatable bonds is 2. The van der Waals surface area contributed by atoms with Gasteiger partial charge >= 0.3 is 0 Å². The molecule has 17 heavy (non-hydrogen) atoms. The Labute approximate surface area is 105 Å². The number of hydrogen-bond donors (Lipinski definition) is 0. The van der Waals surface area contributed by atoms with Crippen molar-refractivity contribution in [2.24, 2.45) is 0 Å². The van der Waals surface area contributed by atoms with Crippen LogP contribution in [0.15, 0.2) is 30.3 Å². The summed E-state index contributed by atoms with van der Waals surface area (Å²) in [5.74, 6) is 2.16. The molecule has 0 saturated carbocycles. The van der Waals surface area contributed by atoms with E-state index in [1.807, 2.05) is 20.2 Å². The number of nitrogens with zero attached hydrogens (tertiary/aromatic N) is 2. The minimum atomic E-state index is -0.614. The van der Waals surface area contributed by atoms with Gasteiger partial charge in [-0.25, -0.2) is 9.25 Å². The van der Waals surface area contributed by atoms with E-state index in [0.717, 1.165) is 0 Å². The molecule has 3 atom stereocenters. The van der Waals surface area contributed by atoms with Crippen molar-refractivity contribution in [1.29, 1.82) is 0 Å². The number of hydrogen-bond acceptors (Lipinski definition) is 2. The molecule has 0 aromatic heterocycles. The highest BCUT2D eigenvalue weighted by atomic mass is 31.2. The summed E-state index contributed by atoms with van der Waals surface area (Å²) in [4.78, 5) is 0. The normalized spacial score (nSPS) is 29.3. The average Bonchev–Trinajstić information content (AvgIpc) is 2.58. The van der Waals surface area contributed by atoms with Crippen LogP contribution in [0.4, 0.5) is 0 Å². The summed E-state index contributed by atoms with van der Waals surface area (Å²) < 4.78 is 10.6. The summed E-state index contributed by atoms with van der Waals surface area (Å²) >= 11 is 0. The lowest BCUT2D eigenvalue weighted by atomic mass is 10.0. The largest absolute Gasteiger partial charge is 0.326 e. The van der Waals surface area contributed by atoms with Gasteiger partial charge < -0.3 is 4.52 Å². The lowest BCUT2D eigenvalue weighted by molar-refractivity contribution is -0.457. The van der Waals surface area contributed by atoms with Crippen LogP contribution in [0, 0.1) is 0 Å². The van der Waals surface area contributed by atoms with Gasteiger partial charge in [-0.2, -0.15) is 0 Å². The molecular formula is C13H20N2OP+. The Balaban J connectivity index is 2.20. The van der Waals surface area contributed by atoms with Crippen molar-refractivity contribution >= 4 is 14.3 Å². The van der Waals surface area contributed by atoms with E-state index >= 15 is 0 Å². The lowest BCUT2D eigenvalue weighted by Crippen LogP contribution is -2.22. The second-order valence-corrected chi connectivity index (χ2v) is 6.31. The predicted molar refractivity (Wildman–Crippen MR) is 72.6 cm³/mol. The molecule has 1 aliphatic heterocycles. The highest BCUT2D eigenvalue weighted by molar-refractivity contribution is 7.65. The zero-order valence-corrected chi connectivity index (χ0v) is 11.8. The second-order valence-electron chi connectivity index (χ2n) is 4.63. The molecule has 1 aromatic rings. The standard InChI is InChI=1S/C13H20N2OP/c1-11-13(12-8-6-5-7-9-12)16-17(15(11)4)10-14(2)3/h5-11,13H,1-4H3/q+1. The molecule has 0 radical (unpaired) electrons. The molecular weight excluding hydrogens is 231 g/mol. The van der Waals surface area contributed by atoms with Crippen molar-refractivity contribution < 1.29 is 9.10 Å². The fraction of sp³-hybridized carbons (Fsp3) is 0.462. The van der Waals surface area contributed by atoms with Crippen LogP contribution >= 0.6 is 8.30 Å². The first-order chi connectivity index (χ1) is 8.09. The monoisotopic (exact) mass is 251 g/mol. The van der Waals surface area contributed by atoms with E-state index in [1.165, 1.54) is 5.56 Å². The van der Waals surface area contributed by atoms with Gasteiger partial charge in [0.15, 0.2) is 8.30 Å². The maximum atomic E-state index is 6.18. The predicted octanol–water partition coefficient (Wildman–Crippen LogP) is 2.69. The maximum Gasteiger partial charge on any atom is 0.204 e. The van der Waals surface area contributed by atoms with Gasteiger partial charge in [0.2, 0.25) is 5.96 Å². The summed E-state index contributed by atoms with van der Waals surface area (Å²) in [5, 5.41) is 0. The van der Waals surface area contributed by atoms with Crippen LogP contribution < -0.4 is 0 Å². The third-order valence-electron chi connectivity index (χ3n) is 3.02. The first-order valence-corrected chi connectivity index (χ1v) is 7.13. The van der Waals surface area contributed by atoms with Crippen LogP contribution in [-0.4, -0.2) is 42.4 Å². The fourth-order valence-electron chi connectivity index (χ4n) is 1.94. The van der Waals surface area contributed by atoms with Crippen LogP contribution in [0.25, 0.3) is 0 Å². The van der Waals surface area contributed by atoms with E-state index in [4.69, 9.17) is 4.52 Å². The molecule has 3 nitrogen and oxygen atoms in total. The molecule has 0 bridgehead atoms. The van der Waals surface area contributed by atoms with Crippen molar-refractivity contribution in [3.63, 3.8) is 0 Å². The fourth-order valence-corrected chi connectivity index (χ4v) is 3.71. The van der Waals surface area contributed by atoms with E-state index in [-0.39, 0.29) is 6.10 Å². The van der Waals surface area contributed by atoms with Crippen LogP contribution in [0.2, 0.25) is 0 Å². The van der Waals surface area contributed by atoms with Crippen molar-refractivity contribution in [2.45, 2.75) is 19.1 Å². The minimum absolute atomic E-state index is 0.184. The van der Waals surface area contributed by atoms with Gasteiger partial charge in [0.1, 0.15) is 20.2 Å². The Kier molecular flexibility index (Phi) is 3.93. The maximum absolute atomic E-state index is 6.18. The Morgan fingerprint density at radius 3 is 2.53 bits per heavy atom. The number of benzene rings is 1. The first-order valence-electron chi connectivity index (χ1n) is 5.84.